The Morgan fingerprint density at radius 3 is 2.88 bits per heavy atom. The number of benzene rings is 2. The van der Waals surface area contributed by atoms with Crippen molar-refractivity contribution in [3.63, 3.8) is 0 Å². The normalized spacial score (nSPS) is 14.0. The van der Waals surface area contributed by atoms with Crippen molar-refractivity contribution in [3.05, 3.63) is 75.8 Å². The van der Waals surface area contributed by atoms with Gasteiger partial charge in [-0.1, -0.05) is 18.2 Å². The zero-order valence-electron chi connectivity index (χ0n) is 18.0. The Balaban J connectivity index is 1.68. The smallest absolute Gasteiger partial charge is 0.254 e. The van der Waals surface area contributed by atoms with Crippen molar-refractivity contribution < 1.29 is 9.47 Å². The molecule has 0 saturated carbocycles. The predicted molar refractivity (Wildman–Crippen MR) is 120 cm³/mol. The van der Waals surface area contributed by atoms with Gasteiger partial charge < -0.3 is 19.4 Å². The molecule has 0 bridgehead atoms. The quantitative estimate of drug-likeness (QED) is 0.479. The first-order chi connectivity index (χ1) is 15.7. The van der Waals surface area contributed by atoms with Gasteiger partial charge in [0, 0.05) is 31.0 Å². The summed E-state index contributed by atoms with van der Waals surface area (Å²) < 4.78 is 12.2. The molecular formula is C23H24N6O3. The van der Waals surface area contributed by atoms with E-state index in [1.165, 1.54) is 5.56 Å². The third-order valence-electron chi connectivity index (χ3n) is 5.92. The second kappa shape index (κ2) is 8.43. The molecule has 1 atom stereocenters. The fourth-order valence-corrected chi connectivity index (χ4v) is 4.35. The van der Waals surface area contributed by atoms with Gasteiger partial charge in [0.2, 0.25) is 0 Å². The molecule has 1 N–H and O–H groups in total. The first-order valence-corrected chi connectivity index (χ1v) is 10.5. The number of aromatic nitrogens is 5. The molecule has 2 aromatic heterocycles. The van der Waals surface area contributed by atoms with Gasteiger partial charge >= 0.3 is 0 Å². The minimum Gasteiger partial charge on any atom is -0.497 e. The number of rotatable bonds is 7. The lowest BCUT2D eigenvalue weighted by molar-refractivity contribution is 0.181. The zero-order chi connectivity index (χ0) is 22.1. The Kier molecular flexibility index (Phi) is 5.32. The van der Waals surface area contributed by atoms with Crippen LogP contribution in [0.2, 0.25) is 0 Å². The van der Waals surface area contributed by atoms with Gasteiger partial charge in [0.25, 0.3) is 5.56 Å². The molecule has 0 aliphatic carbocycles. The summed E-state index contributed by atoms with van der Waals surface area (Å²) >= 11 is 0. The first-order valence-electron chi connectivity index (χ1n) is 10.5. The van der Waals surface area contributed by atoms with Crippen molar-refractivity contribution in [1.82, 2.24) is 25.2 Å². The highest BCUT2D eigenvalue weighted by Crippen LogP contribution is 2.37. The third-order valence-corrected chi connectivity index (χ3v) is 5.92. The van der Waals surface area contributed by atoms with E-state index in [2.05, 4.69) is 37.5 Å². The van der Waals surface area contributed by atoms with Crippen molar-refractivity contribution in [2.75, 3.05) is 32.3 Å². The number of anilines is 1. The van der Waals surface area contributed by atoms with E-state index < -0.39 is 6.04 Å². The van der Waals surface area contributed by atoms with Gasteiger partial charge in [0.1, 0.15) is 11.8 Å². The van der Waals surface area contributed by atoms with E-state index in [1.807, 2.05) is 36.4 Å². The number of pyridine rings is 1. The van der Waals surface area contributed by atoms with Gasteiger partial charge in [-0.3, -0.25) is 4.79 Å². The van der Waals surface area contributed by atoms with Gasteiger partial charge in [-0.2, -0.15) is 0 Å². The highest BCUT2D eigenvalue weighted by molar-refractivity contribution is 5.81. The van der Waals surface area contributed by atoms with Gasteiger partial charge in [0.05, 0.1) is 25.8 Å². The van der Waals surface area contributed by atoms with Gasteiger partial charge in [-0.05, 0) is 52.1 Å². The minimum atomic E-state index is -0.444. The van der Waals surface area contributed by atoms with Crippen molar-refractivity contribution in [3.8, 4) is 5.75 Å². The standard InChI is InChI=1S/C23H24N6O3/c1-31-12-11-29-22(25-26-27-29)21(28-10-9-15-5-3-4-6-20(15)28)18-13-16-7-8-17(32-2)14-19(16)24-23(18)30/h3-8,13-14,21H,9-12H2,1-2H3,(H,24,30)/t21-/m0/s1. The van der Waals surface area contributed by atoms with E-state index in [9.17, 15) is 4.79 Å². The first kappa shape index (κ1) is 20.2. The maximum Gasteiger partial charge on any atom is 0.254 e. The molecule has 1 aliphatic rings. The number of H-pyrrole nitrogens is 1. The topological polar surface area (TPSA) is 98.2 Å². The number of hydrogen-bond acceptors (Lipinski definition) is 7. The lowest BCUT2D eigenvalue weighted by Crippen LogP contribution is -2.34. The lowest BCUT2D eigenvalue weighted by atomic mass is 10.0. The minimum absolute atomic E-state index is 0.179. The van der Waals surface area contributed by atoms with Crippen LogP contribution in [0.3, 0.4) is 0 Å². The van der Waals surface area contributed by atoms with Crippen LogP contribution in [0.4, 0.5) is 5.69 Å². The average Bonchev–Trinajstić information content (AvgIpc) is 3.45. The van der Waals surface area contributed by atoms with Crippen LogP contribution in [0.15, 0.2) is 53.3 Å². The summed E-state index contributed by atoms with van der Waals surface area (Å²) in [7, 11) is 3.24. The number of ether oxygens (including phenoxy) is 2. The van der Waals surface area contributed by atoms with Crippen LogP contribution >= 0.6 is 0 Å². The Hall–Kier alpha value is -3.72. The van der Waals surface area contributed by atoms with E-state index in [-0.39, 0.29) is 5.56 Å². The summed E-state index contributed by atoms with van der Waals surface area (Å²) in [6.45, 7) is 1.73. The van der Waals surface area contributed by atoms with Crippen LogP contribution < -0.4 is 15.2 Å². The van der Waals surface area contributed by atoms with Gasteiger partial charge in [-0.15, -0.1) is 5.10 Å². The van der Waals surface area contributed by atoms with E-state index >= 15 is 0 Å². The fraction of sp³-hybridized carbons (Fsp3) is 0.304. The maximum atomic E-state index is 13.3. The van der Waals surface area contributed by atoms with Gasteiger partial charge in [-0.25, -0.2) is 4.68 Å². The molecule has 5 rings (SSSR count). The van der Waals surface area contributed by atoms with Crippen LogP contribution in [0, 0.1) is 0 Å². The summed E-state index contributed by atoms with van der Waals surface area (Å²) in [4.78, 5) is 18.6. The Bertz CT molecular complexity index is 1310. The number of fused-ring (bicyclic) bond motifs is 2. The second-order valence-electron chi connectivity index (χ2n) is 7.73. The van der Waals surface area contributed by atoms with Crippen molar-refractivity contribution in [2.45, 2.75) is 19.0 Å². The van der Waals surface area contributed by atoms with Crippen LogP contribution in [0.1, 0.15) is 23.0 Å². The molecule has 0 unspecified atom stereocenters. The molecule has 0 saturated heterocycles. The number of nitrogens with one attached hydrogen (secondary N) is 1. The Morgan fingerprint density at radius 2 is 2.03 bits per heavy atom. The number of nitrogens with zero attached hydrogens (tertiary/aromatic N) is 5. The van der Waals surface area contributed by atoms with Crippen molar-refractivity contribution >= 4 is 16.6 Å². The van der Waals surface area contributed by atoms with Crippen LogP contribution in [0.5, 0.6) is 5.75 Å². The van der Waals surface area contributed by atoms with E-state index in [4.69, 9.17) is 9.47 Å². The molecule has 0 fully saturated rings. The summed E-state index contributed by atoms with van der Waals surface area (Å²) in [5.74, 6) is 1.30. The van der Waals surface area contributed by atoms with Crippen molar-refractivity contribution in [2.24, 2.45) is 0 Å². The number of hydrogen-bond donors (Lipinski definition) is 1. The molecule has 0 spiro atoms. The average molecular weight is 432 g/mol. The fourth-order valence-electron chi connectivity index (χ4n) is 4.35. The number of aromatic amines is 1. The number of tetrazole rings is 1. The predicted octanol–water partition coefficient (Wildman–Crippen LogP) is 2.32. The molecule has 0 amide bonds. The summed E-state index contributed by atoms with van der Waals surface area (Å²) in [5, 5.41) is 13.3. The second-order valence-corrected chi connectivity index (χ2v) is 7.73. The molecule has 32 heavy (non-hydrogen) atoms. The summed E-state index contributed by atoms with van der Waals surface area (Å²) in [5.41, 5.74) is 3.47. The Morgan fingerprint density at radius 1 is 1.16 bits per heavy atom. The summed E-state index contributed by atoms with van der Waals surface area (Å²) in [6.07, 6.45) is 0.898. The largest absolute Gasteiger partial charge is 0.497 e. The molecule has 2 aromatic carbocycles. The number of para-hydroxylation sites is 1. The van der Waals surface area contributed by atoms with E-state index in [0.29, 0.717) is 30.3 Å². The highest BCUT2D eigenvalue weighted by Gasteiger charge is 2.34. The van der Waals surface area contributed by atoms with Crippen LogP contribution in [0.25, 0.3) is 10.9 Å². The zero-order valence-corrected chi connectivity index (χ0v) is 18.0. The van der Waals surface area contributed by atoms with Gasteiger partial charge in [0.15, 0.2) is 5.82 Å². The molecule has 9 nitrogen and oxygen atoms in total. The van der Waals surface area contributed by atoms with Crippen molar-refractivity contribution in [1.29, 1.82) is 0 Å². The lowest BCUT2D eigenvalue weighted by Gasteiger charge is -2.29. The molecule has 3 heterocycles. The molecule has 0 radical (unpaired) electrons. The van der Waals surface area contributed by atoms with E-state index in [1.54, 1.807) is 18.9 Å². The monoisotopic (exact) mass is 432 g/mol. The highest BCUT2D eigenvalue weighted by atomic mass is 16.5. The molecule has 9 heteroatoms. The molecule has 164 valence electrons. The SMILES string of the molecule is COCCn1nnnc1[C@H](c1cc2ccc(OC)cc2[nH]c1=O)N1CCc2ccccc21. The number of methoxy groups -OCH3 is 2. The maximum absolute atomic E-state index is 13.3. The van der Waals surface area contributed by atoms with Crippen LogP contribution in [-0.2, 0) is 17.7 Å². The van der Waals surface area contributed by atoms with E-state index in [0.717, 1.165) is 29.6 Å². The van der Waals surface area contributed by atoms with Crippen LogP contribution in [-0.4, -0.2) is 52.6 Å². The molecular weight excluding hydrogens is 408 g/mol. The third kappa shape index (κ3) is 3.50. The molecule has 4 aromatic rings. The summed E-state index contributed by atoms with van der Waals surface area (Å²) in [6, 6.07) is 15.4. The molecule has 1 aliphatic heterocycles. The Labute approximate surface area is 184 Å².